The summed E-state index contributed by atoms with van der Waals surface area (Å²) in [5, 5.41) is 0. The first-order chi connectivity index (χ1) is 7.45. The average Bonchev–Trinajstić information content (AvgIpc) is 2.37. The predicted molar refractivity (Wildman–Crippen MR) is 66.0 cm³/mol. The Morgan fingerprint density at radius 3 is 2.75 bits per heavy atom. The minimum absolute atomic E-state index is 0.259. The molecule has 0 spiro atoms. The molecule has 1 aromatic carbocycles. The summed E-state index contributed by atoms with van der Waals surface area (Å²) < 4.78 is 6.18. The Bertz CT molecular complexity index is 447. The lowest BCUT2D eigenvalue weighted by atomic mass is 9.63. The van der Waals surface area contributed by atoms with Gasteiger partial charge in [-0.1, -0.05) is 32.9 Å². The molecule has 0 unspecified atom stereocenters. The third kappa shape index (κ3) is 1.02. The van der Waals surface area contributed by atoms with E-state index in [2.05, 4.69) is 45.9 Å². The molecule has 1 saturated carbocycles. The molecule has 1 heteroatoms. The molecule has 0 radical (unpaired) electrons. The summed E-state index contributed by atoms with van der Waals surface area (Å²) in [4.78, 5) is 0. The number of hydrogen-bond acceptors (Lipinski definition) is 1. The number of fused-ring (bicyclic) bond motifs is 4. The molecule has 86 valence electrons. The van der Waals surface area contributed by atoms with E-state index in [1.54, 1.807) is 0 Å². The van der Waals surface area contributed by atoms with Crippen LogP contribution in [0.5, 0.6) is 5.75 Å². The Balaban J connectivity index is 2.23. The first-order valence-electron chi connectivity index (χ1n) is 6.23. The van der Waals surface area contributed by atoms with Crippen molar-refractivity contribution in [2.75, 3.05) is 0 Å². The highest BCUT2D eigenvalue weighted by atomic mass is 16.5. The fourth-order valence-electron chi connectivity index (χ4n) is 3.48. The van der Waals surface area contributed by atoms with Crippen molar-refractivity contribution in [3.63, 3.8) is 0 Å². The van der Waals surface area contributed by atoms with Crippen molar-refractivity contribution >= 4 is 0 Å². The van der Waals surface area contributed by atoms with Gasteiger partial charge in [-0.3, -0.25) is 0 Å². The standard InChI is InChI=1S/C15H20O/c1-10-5-6-11-12(9-10)16-13-7-8-15(11,4)14(13,2)3/h5-6,9,13H,7-8H2,1-4H3/t13-,15-/m0/s1. The van der Waals surface area contributed by atoms with Crippen LogP contribution in [-0.4, -0.2) is 6.10 Å². The molecule has 2 aliphatic rings. The number of ether oxygens (including phenoxy) is 1. The van der Waals surface area contributed by atoms with Crippen molar-refractivity contribution < 1.29 is 4.74 Å². The number of hydrogen-bond donors (Lipinski definition) is 0. The van der Waals surface area contributed by atoms with Crippen LogP contribution >= 0.6 is 0 Å². The van der Waals surface area contributed by atoms with Crippen LogP contribution in [0.2, 0.25) is 0 Å². The van der Waals surface area contributed by atoms with Crippen LogP contribution in [0.15, 0.2) is 18.2 Å². The van der Waals surface area contributed by atoms with Gasteiger partial charge in [-0.05, 0) is 31.4 Å². The van der Waals surface area contributed by atoms with Gasteiger partial charge < -0.3 is 4.74 Å². The largest absolute Gasteiger partial charge is 0.490 e. The van der Waals surface area contributed by atoms with E-state index < -0.39 is 0 Å². The number of aryl methyl sites for hydroxylation is 1. The van der Waals surface area contributed by atoms with E-state index in [4.69, 9.17) is 4.74 Å². The van der Waals surface area contributed by atoms with E-state index in [1.165, 1.54) is 24.0 Å². The molecular formula is C15H20O. The maximum Gasteiger partial charge on any atom is 0.123 e. The topological polar surface area (TPSA) is 9.23 Å². The van der Waals surface area contributed by atoms with Crippen LogP contribution < -0.4 is 4.74 Å². The molecule has 0 saturated heterocycles. The van der Waals surface area contributed by atoms with Crippen molar-refractivity contribution in [2.24, 2.45) is 5.41 Å². The third-order valence-electron chi connectivity index (χ3n) is 5.13. The molecule has 0 N–H and O–H groups in total. The summed E-state index contributed by atoms with van der Waals surface area (Å²) >= 11 is 0. The van der Waals surface area contributed by atoms with Crippen LogP contribution in [0.1, 0.15) is 44.7 Å². The van der Waals surface area contributed by atoms with Crippen molar-refractivity contribution in [2.45, 2.75) is 52.1 Å². The van der Waals surface area contributed by atoms with E-state index in [9.17, 15) is 0 Å². The molecule has 0 amide bonds. The monoisotopic (exact) mass is 216 g/mol. The maximum atomic E-state index is 6.18. The van der Waals surface area contributed by atoms with Gasteiger partial charge in [-0.2, -0.15) is 0 Å². The van der Waals surface area contributed by atoms with Gasteiger partial charge in [0.1, 0.15) is 11.9 Å². The van der Waals surface area contributed by atoms with Gasteiger partial charge >= 0.3 is 0 Å². The Labute approximate surface area is 97.8 Å². The highest BCUT2D eigenvalue weighted by molar-refractivity contribution is 5.47. The zero-order chi connectivity index (χ0) is 11.6. The summed E-state index contributed by atoms with van der Waals surface area (Å²) in [5.74, 6) is 1.13. The normalized spacial score (nSPS) is 34.4. The SMILES string of the molecule is Cc1ccc2c(c1)O[C@H]1CC[C@]2(C)C1(C)C. The fourth-order valence-corrected chi connectivity index (χ4v) is 3.48. The van der Waals surface area contributed by atoms with Crippen LogP contribution in [0.4, 0.5) is 0 Å². The highest BCUT2D eigenvalue weighted by Gasteiger charge is 2.57. The first-order valence-corrected chi connectivity index (χ1v) is 6.23. The molecule has 2 atom stereocenters. The second kappa shape index (κ2) is 2.82. The lowest BCUT2D eigenvalue weighted by molar-refractivity contribution is 0.0391. The highest BCUT2D eigenvalue weighted by Crippen LogP contribution is 2.60. The summed E-state index contributed by atoms with van der Waals surface area (Å²) in [5.41, 5.74) is 3.26. The van der Waals surface area contributed by atoms with Gasteiger partial charge in [-0.15, -0.1) is 0 Å². The molecule has 16 heavy (non-hydrogen) atoms. The molecule has 0 aromatic heterocycles. The van der Waals surface area contributed by atoms with Gasteiger partial charge in [0.25, 0.3) is 0 Å². The summed E-state index contributed by atoms with van der Waals surface area (Å²) in [6.07, 6.45) is 2.84. The molecule has 2 bridgehead atoms. The van der Waals surface area contributed by atoms with Crippen LogP contribution in [-0.2, 0) is 5.41 Å². The van der Waals surface area contributed by atoms with Crippen LogP contribution in [0, 0.1) is 12.3 Å². The average molecular weight is 216 g/mol. The van der Waals surface area contributed by atoms with Crippen LogP contribution in [0.25, 0.3) is 0 Å². The molecular weight excluding hydrogens is 196 g/mol. The van der Waals surface area contributed by atoms with E-state index in [0.717, 1.165) is 5.75 Å². The summed E-state index contributed by atoms with van der Waals surface area (Å²) in [6, 6.07) is 6.68. The molecule has 3 rings (SSSR count). The number of benzene rings is 1. The minimum atomic E-state index is 0.259. The van der Waals surface area contributed by atoms with Crippen molar-refractivity contribution in [3.05, 3.63) is 29.3 Å². The van der Waals surface area contributed by atoms with Crippen molar-refractivity contribution in [1.82, 2.24) is 0 Å². The van der Waals surface area contributed by atoms with E-state index >= 15 is 0 Å². The molecule has 1 nitrogen and oxygen atoms in total. The molecule has 1 aliphatic heterocycles. The van der Waals surface area contributed by atoms with Gasteiger partial charge in [0.15, 0.2) is 0 Å². The molecule has 1 fully saturated rings. The summed E-state index contributed by atoms with van der Waals surface area (Å²) in [7, 11) is 0. The lowest BCUT2D eigenvalue weighted by Crippen LogP contribution is -2.46. The molecule has 1 aliphatic carbocycles. The van der Waals surface area contributed by atoms with Crippen LogP contribution in [0.3, 0.4) is 0 Å². The minimum Gasteiger partial charge on any atom is -0.490 e. The van der Waals surface area contributed by atoms with E-state index in [0.29, 0.717) is 11.5 Å². The second-order valence-electron chi connectivity index (χ2n) is 6.20. The maximum absolute atomic E-state index is 6.18. The van der Waals surface area contributed by atoms with Crippen molar-refractivity contribution in [3.8, 4) is 5.75 Å². The zero-order valence-electron chi connectivity index (χ0n) is 10.6. The smallest absolute Gasteiger partial charge is 0.123 e. The van der Waals surface area contributed by atoms with Crippen molar-refractivity contribution in [1.29, 1.82) is 0 Å². The third-order valence-corrected chi connectivity index (χ3v) is 5.13. The zero-order valence-corrected chi connectivity index (χ0v) is 10.6. The second-order valence-corrected chi connectivity index (χ2v) is 6.20. The lowest BCUT2D eigenvalue weighted by Gasteiger charge is -2.46. The molecule has 1 aromatic rings. The quantitative estimate of drug-likeness (QED) is 0.640. The first kappa shape index (κ1) is 10.2. The van der Waals surface area contributed by atoms with Gasteiger partial charge in [0, 0.05) is 16.4 Å². The Hall–Kier alpha value is -0.980. The Kier molecular flexibility index (Phi) is 1.80. The van der Waals surface area contributed by atoms with Gasteiger partial charge in [0.05, 0.1) is 0 Å². The van der Waals surface area contributed by atoms with E-state index in [-0.39, 0.29) is 5.41 Å². The Morgan fingerprint density at radius 2 is 2.00 bits per heavy atom. The van der Waals surface area contributed by atoms with E-state index in [1.807, 2.05) is 0 Å². The molecule has 1 heterocycles. The predicted octanol–water partition coefficient (Wildman–Crippen LogP) is 3.83. The number of rotatable bonds is 0. The fraction of sp³-hybridized carbons (Fsp3) is 0.600. The van der Waals surface area contributed by atoms with Gasteiger partial charge in [-0.25, -0.2) is 0 Å². The van der Waals surface area contributed by atoms with Gasteiger partial charge in [0.2, 0.25) is 0 Å². The Morgan fingerprint density at radius 1 is 1.25 bits per heavy atom. The summed E-state index contributed by atoms with van der Waals surface area (Å²) in [6.45, 7) is 9.25.